The van der Waals surface area contributed by atoms with Crippen LogP contribution in [-0.4, -0.2) is 41.8 Å². The van der Waals surface area contributed by atoms with E-state index in [1.165, 1.54) is 0 Å². The lowest BCUT2D eigenvalue weighted by Gasteiger charge is -2.36. The molecule has 0 spiro atoms. The Hall–Kier alpha value is -0.900. The van der Waals surface area contributed by atoms with E-state index in [-0.39, 0.29) is 5.91 Å². The first-order valence-electron chi connectivity index (χ1n) is 4.28. The molecule has 0 aliphatic carbocycles. The van der Waals surface area contributed by atoms with Gasteiger partial charge in [-0.25, -0.2) is 5.01 Å². The Morgan fingerprint density at radius 3 is 2.92 bits per heavy atom. The van der Waals surface area contributed by atoms with Crippen molar-refractivity contribution in [3.05, 3.63) is 0 Å². The maximum absolute atomic E-state index is 11.3. The molecule has 1 saturated heterocycles. The number of carbonyl (C=O) groups excluding carboxylic acids is 2. The van der Waals surface area contributed by atoms with Gasteiger partial charge in [0.25, 0.3) is 0 Å². The summed E-state index contributed by atoms with van der Waals surface area (Å²) in [5, 5.41) is 3.46. The van der Waals surface area contributed by atoms with Crippen LogP contribution < -0.4 is 0 Å². The van der Waals surface area contributed by atoms with Gasteiger partial charge in [-0.3, -0.25) is 9.80 Å². The molecule has 1 aliphatic heterocycles. The monoisotopic (exact) mass is 170 g/mol. The second-order valence-corrected chi connectivity index (χ2v) is 2.79. The van der Waals surface area contributed by atoms with E-state index in [1.807, 2.05) is 6.92 Å². The van der Waals surface area contributed by atoms with Gasteiger partial charge < -0.3 is 4.79 Å². The van der Waals surface area contributed by atoms with Gasteiger partial charge >= 0.3 is 0 Å². The largest absolute Gasteiger partial charge is 0.302 e. The van der Waals surface area contributed by atoms with Gasteiger partial charge in [-0.1, -0.05) is 0 Å². The van der Waals surface area contributed by atoms with Crippen molar-refractivity contribution in [2.75, 3.05) is 19.6 Å². The Labute approximate surface area is 72.1 Å². The fourth-order valence-corrected chi connectivity index (χ4v) is 1.47. The Kier molecular flexibility index (Phi) is 3.22. The molecule has 0 aromatic rings. The van der Waals surface area contributed by atoms with Gasteiger partial charge in [-0.15, -0.1) is 0 Å². The fourth-order valence-electron chi connectivity index (χ4n) is 1.47. The minimum absolute atomic E-state index is 0.130. The van der Waals surface area contributed by atoms with Gasteiger partial charge in [-0.05, 0) is 13.3 Å². The van der Waals surface area contributed by atoms with Crippen LogP contribution in [0.25, 0.3) is 0 Å². The molecule has 0 bridgehead atoms. The first-order valence-corrected chi connectivity index (χ1v) is 4.28. The summed E-state index contributed by atoms with van der Waals surface area (Å²) in [5.74, 6) is 0.130. The third-order valence-electron chi connectivity index (χ3n) is 2.02. The van der Waals surface area contributed by atoms with Gasteiger partial charge in [0.05, 0.1) is 6.54 Å². The number of hydrogen-bond acceptors (Lipinski definition) is 3. The fraction of sp³-hybridized carbons (Fsp3) is 0.750. The zero-order valence-electron chi connectivity index (χ0n) is 7.32. The number of nitrogens with zero attached hydrogens (tertiary/aromatic N) is 2. The van der Waals surface area contributed by atoms with Crippen molar-refractivity contribution in [3.63, 3.8) is 0 Å². The Morgan fingerprint density at radius 1 is 1.58 bits per heavy atom. The van der Waals surface area contributed by atoms with E-state index >= 15 is 0 Å². The molecule has 0 radical (unpaired) electrons. The van der Waals surface area contributed by atoms with Crippen LogP contribution in [0.2, 0.25) is 0 Å². The average molecular weight is 170 g/mol. The number of amides is 1. The van der Waals surface area contributed by atoms with E-state index < -0.39 is 0 Å². The normalized spacial score (nSPS) is 19.8. The van der Waals surface area contributed by atoms with Crippen molar-refractivity contribution >= 4 is 12.2 Å². The standard InChI is InChI=1S/C8H14N2O2/c1-2-10-8(12)4-3-5-9(10)6-7-11/h7H,2-6H2,1H3. The van der Waals surface area contributed by atoms with E-state index in [1.54, 1.807) is 10.0 Å². The predicted molar refractivity (Wildman–Crippen MR) is 44.3 cm³/mol. The predicted octanol–water partition coefficient (Wildman–Crippen LogP) is 0.0446. The topological polar surface area (TPSA) is 40.6 Å². The average Bonchev–Trinajstić information content (AvgIpc) is 2.05. The van der Waals surface area contributed by atoms with E-state index in [9.17, 15) is 9.59 Å². The summed E-state index contributed by atoms with van der Waals surface area (Å²) in [4.78, 5) is 21.5. The van der Waals surface area contributed by atoms with Crippen LogP contribution in [0.3, 0.4) is 0 Å². The lowest BCUT2D eigenvalue weighted by molar-refractivity contribution is -0.155. The molecule has 1 fully saturated rings. The highest BCUT2D eigenvalue weighted by atomic mass is 16.2. The summed E-state index contributed by atoms with van der Waals surface area (Å²) in [6.07, 6.45) is 2.31. The lowest BCUT2D eigenvalue weighted by atomic mass is 10.2. The number of aldehydes is 1. The van der Waals surface area contributed by atoms with Crippen LogP contribution in [0.5, 0.6) is 0 Å². The summed E-state index contributed by atoms with van der Waals surface area (Å²) < 4.78 is 0. The van der Waals surface area contributed by atoms with Crippen LogP contribution in [0.15, 0.2) is 0 Å². The molecular formula is C8H14N2O2. The number of hydrazine groups is 1. The van der Waals surface area contributed by atoms with Gasteiger partial charge in [0, 0.05) is 19.5 Å². The Balaban J connectivity index is 2.57. The molecule has 4 heteroatoms. The van der Waals surface area contributed by atoms with Gasteiger partial charge in [0.15, 0.2) is 0 Å². The summed E-state index contributed by atoms with van der Waals surface area (Å²) in [7, 11) is 0. The first-order chi connectivity index (χ1) is 5.79. The summed E-state index contributed by atoms with van der Waals surface area (Å²) >= 11 is 0. The maximum Gasteiger partial charge on any atom is 0.236 e. The Bertz CT molecular complexity index is 182. The molecular weight excluding hydrogens is 156 g/mol. The molecule has 12 heavy (non-hydrogen) atoms. The zero-order valence-corrected chi connectivity index (χ0v) is 7.32. The number of rotatable bonds is 3. The van der Waals surface area contributed by atoms with Crippen LogP contribution in [0.1, 0.15) is 19.8 Å². The molecule has 0 atom stereocenters. The summed E-state index contributed by atoms with van der Waals surface area (Å²) in [5.41, 5.74) is 0. The van der Waals surface area contributed by atoms with Crippen LogP contribution in [0.4, 0.5) is 0 Å². The quantitative estimate of drug-likeness (QED) is 0.562. The third kappa shape index (κ3) is 1.82. The van der Waals surface area contributed by atoms with Crippen LogP contribution in [-0.2, 0) is 9.59 Å². The molecule has 4 nitrogen and oxygen atoms in total. The Morgan fingerprint density at radius 2 is 2.33 bits per heavy atom. The van der Waals surface area contributed by atoms with Crippen LogP contribution in [0, 0.1) is 0 Å². The van der Waals surface area contributed by atoms with E-state index in [2.05, 4.69) is 0 Å². The van der Waals surface area contributed by atoms with Gasteiger partial charge in [0.1, 0.15) is 6.29 Å². The van der Waals surface area contributed by atoms with E-state index in [0.29, 0.717) is 19.5 Å². The minimum atomic E-state index is 0.130. The molecule has 0 N–H and O–H groups in total. The van der Waals surface area contributed by atoms with E-state index in [0.717, 1.165) is 19.3 Å². The van der Waals surface area contributed by atoms with Gasteiger partial charge in [0.2, 0.25) is 5.91 Å². The molecule has 1 heterocycles. The van der Waals surface area contributed by atoms with Crippen molar-refractivity contribution in [1.82, 2.24) is 10.0 Å². The smallest absolute Gasteiger partial charge is 0.236 e. The van der Waals surface area contributed by atoms with Crippen LogP contribution >= 0.6 is 0 Å². The molecule has 0 aromatic heterocycles. The SMILES string of the molecule is CCN1C(=O)CCCN1CC=O. The summed E-state index contributed by atoms with van der Waals surface area (Å²) in [6.45, 7) is 3.73. The van der Waals surface area contributed by atoms with E-state index in [4.69, 9.17) is 0 Å². The lowest BCUT2D eigenvalue weighted by Crippen LogP contribution is -2.50. The molecule has 0 aromatic carbocycles. The zero-order chi connectivity index (χ0) is 8.97. The highest BCUT2D eigenvalue weighted by Crippen LogP contribution is 2.10. The van der Waals surface area contributed by atoms with Crippen molar-refractivity contribution in [2.24, 2.45) is 0 Å². The number of hydrogen-bond donors (Lipinski definition) is 0. The highest BCUT2D eigenvalue weighted by Gasteiger charge is 2.23. The van der Waals surface area contributed by atoms with Crippen molar-refractivity contribution in [2.45, 2.75) is 19.8 Å². The molecule has 1 amide bonds. The summed E-state index contributed by atoms with van der Waals surface area (Å²) in [6, 6.07) is 0. The molecule has 0 saturated carbocycles. The second kappa shape index (κ2) is 4.21. The maximum atomic E-state index is 11.3. The molecule has 68 valence electrons. The molecule has 0 unspecified atom stereocenters. The third-order valence-corrected chi connectivity index (χ3v) is 2.02. The van der Waals surface area contributed by atoms with Gasteiger partial charge in [-0.2, -0.15) is 0 Å². The van der Waals surface area contributed by atoms with Crippen molar-refractivity contribution < 1.29 is 9.59 Å². The minimum Gasteiger partial charge on any atom is -0.302 e. The molecule has 1 aliphatic rings. The van der Waals surface area contributed by atoms with Crippen molar-refractivity contribution in [3.8, 4) is 0 Å². The van der Waals surface area contributed by atoms with Crippen molar-refractivity contribution in [1.29, 1.82) is 0 Å². The second-order valence-electron chi connectivity index (χ2n) is 2.79. The first kappa shape index (κ1) is 9.19. The molecule has 1 rings (SSSR count). The highest BCUT2D eigenvalue weighted by molar-refractivity contribution is 5.76. The number of carbonyl (C=O) groups is 2.